The molecule has 5 nitrogen and oxygen atoms in total. The first kappa shape index (κ1) is 20.2. The second-order valence-electron chi connectivity index (χ2n) is 6.55. The second-order valence-corrected chi connectivity index (χ2v) is 7.84. The zero-order chi connectivity index (χ0) is 21.4. The summed E-state index contributed by atoms with van der Waals surface area (Å²) in [4.78, 5) is 33.4. The van der Waals surface area contributed by atoms with E-state index in [4.69, 9.17) is 11.6 Å². The fraction of sp³-hybridized carbons (Fsp3) is 0.0952. The summed E-state index contributed by atoms with van der Waals surface area (Å²) in [5, 5.41) is 0.557. The molecule has 2 aromatic heterocycles. The van der Waals surface area contributed by atoms with Crippen LogP contribution in [0.1, 0.15) is 20.9 Å². The van der Waals surface area contributed by atoms with Crippen LogP contribution >= 0.6 is 22.9 Å². The van der Waals surface area contributed by atoms with E-state index in [1.807, 2.05) is 0 Å². The van der Waals surface area contributed by atoms with Crippen molar-refractivity contribution in [3.05, 3.63) is 91.1 Å². The summed E-state index contributed by atoms with van der Waals surface area (Å²) >= 11 is 7.25. The summed E-state index contributed by atoms with van der Waals surface area (Å²) in [6, 6.07) is 10.6. The highest BCUT2D eigenvalue weighted by atomic mass is 35.5. The van der Waals surface area contributed by atoms with E-state index in [9.17, 15) is 18.4 Å². The minimum atomic E-state index is -1.08. The molecule has 2 aromatic carbocycles. The largest absolute Gasteiger partial charge is 0.317 e. The van der Waals surface area contributed by atoms with Gasteiger partial charge in [0, 0.05) is 21.7 Å². The van der Waals surface area contributed by atoms with Gasteiger partial charge in [-0.1, -0.05) is 29.8 Å². The number of hydrogen-bond donors (Lipinski definition) is 1. The Morgan fingerprint density at radius 1 is 1.23 bits per heavy atom. The second kappa shape index (κ2) is 7.97. The number of amides is 1. The van der Waals surface area contributed by atoms with Gasteiger partial charge in [-0.15, -0.1) is 11.3 Å². The standard InChI is InChI=1S/C21H14ClF2N3O2S/c1-11-19(30-10-25-11)21(29)27(13-5-2-4-12(22)8-13)9-15-14-6-3-7-16(23)18(14)26-20(28)17(15)24/h2-8,10H,9H2,1H3,(H,26,28). The summed E-state index contributed by atoms with van der Waals surface area (Å²) in [5.74, 6) is -2.19. The van der Waals surface area contributed by atoms with Gasteiger partial charge < -0.3 is 9.88 Å². The van der Waals surface area contributed by atoms with E-state index in [-0.39, 0.29) is 23.0 Å². The molecular weight excluding hydrogens is 432 g/mol. The van der Waals surface area contributed by atoms with Crippen molar-refractivity contribution in [3.63, 3.8) is 0 Å². The van der Waals surface area contributed by atoms with Crippen molar-refractivity contribution in [2.24, 2.45) is 0 Å². The van der Waals surface area contributed by atoms with Crippen molar-refractivity contribution in [3.8, 4) is 0 Å². The number of nitrogens with zero attached hydrogens (tertiary/aromatic N) is 2. The van der Waals surface area contributed by atoms with Crippen LogP contribution in [0.5, 0.6) is 0 Å². The fourth-order valence-electron chi connectivity index (χ4n) is 3.19. The number of pyridine rings is 1. The molecule has 0 bridgehead atoms. The van der Waals surface area contributed by atoms with Gasteiger partial charge in [0.1, 0.15) is 10.7 Å². The normalized spacial score (nSPS) is 11.1. The van der Waals surface area contributed by atoms with Crippen LogP contribution in [0.4, 0.5) is 14.5 Å². The number of rotatable bonds is 4. The fourth-order valence-corrected chi connectivity index (χ4v) is 4.13. The van der Waals surface area contributed by atoms with Crippen LogP contribution in [0, 0.1) is 18.6 Å². The number of carbonyl (C=O) groups excluding carboxylic acids is 1. The number of aryl methyl sites for hydroxylation is 1. The molecule has 152 valence electrons. The Kier molecular flexibility index (Phi) is 5.36. The molecule has 0 radical (unpaired) electrons. The Morgan fingerprint density at radius 2 is 2.00 bits per heavy atom. The molecule has 9 heteroatoms. The summed E-state index contributed by atoms with van der Waals surface area (Å²) in [6.45, 7) is 1.39. The number of fused-ring (bicyclic) bond motifs is 1. The Balaban J connectivity index is 1.91. The number of carbonyl (C=O) groups is 1. The SMILES string of the molecule is Cc1ncsc1C(=O)N(Cc1c(F)c(=O)[nH]c2c(F)cccc12)c1cccc(Cl)c1. The van der Waals surface area contributed by atoms with Gasteiger partial charge in [-0.2, -0.15) is 0 Å². The molecule has 0 unspecified atom stereocenters. The smallest absolute Gasteiger partial charge is 0.284 e. The number of aromatic amines is 1. The molecule has 0 aliphatic heterocycles. The Morgan fingerprint density at radius 3 is 2.70 bits per heavy atom. The molecule has 1 N–H and O–H groups in total. The average molecular weight is 446 g/mol. The van der Waals surface area contributed by atoms with E-state index in [0.717, 1.165) is 11.3 Å². The van der Waals surface area contributed by atoms with Gasteiger partial charge >= 0.3 is 0 Å². The molecule has 4 aromatic rings. The molecule has 0 fully saturated rings. The van der Waals surface area contributed by atoms with Gasteiger partial charge in [-0.3, -0.25) is 9.59 Å². The van der Waals surface area contributed by atoms with E-state index in [2.05, 4.69) is 9.97 Å². The quantitative estimate of drug-likeness (QED) is 0.477. The maximum atomic E-state index is 14.9. The molecule has 0 aliphatic rings. The maximum absolute atomic E-state index is 14.9. The van der Waals surface area contributed by atoms with Gasteiger partial charge in [0.2, 0.25) is 0 Å². The van der Waals surface area contributed by atoms with Crippen molar-refractivity contribution in [1.29, 1.82) is 0 Å². The van der Waals surface area contributed by atoms with E-state index >= 15 is 0 Å². The molecule has 0 spiro atoms. The zero-order valence-corrected chi connectivity index (χ0v) is 17.2. The number of para-hydroxylation sites is 1. The average Bonchev–Trinajstić information content (AvgIpc) is 3.15. The summed E-state index contributed by atoms with van der Waals surface area (Å²) in [5.41, 5.74) is 1.20. The van der Waals surface area contributed by atoms with Crippen LogP contribution < -0.4 is 10.5 Å². The predicted molar refractivity (Wildman–Crippen MR) is 113 cm³/mol. The number of halogens is 3. The highest BCUT2D eigenvalue weighted by Crippen LogP contribution is 2.28. The third-order valence-electron chi connectivity index (χ3n) is 4.66. The number of aromatic nitrogens is 2. The van der Waals surface area contributed by atoms with Gasteiger partial charge in [0.15, 0.2) is 5.82 Å². The molecule has 2 heterocycles. The van der Waals surface area contributed by atoms with Crippen molar-refractivity contribution < 1.29 is 13.6 Å². The lowest BCUT2D eigenvalue weighted by Gasteiger charge is -2.24. The van der Waals surface area contributed by atoms with E-state index < -0.39 is 23.1 Å². The first-order chi connectivity index (χ1) is 14.4. The lowest BCUT2D eigenvalue weighted by Crippen LogP contribution is -2.32. The molecular formula is C21H14ClF2N3O2S. The van der Waals surface area contributed by atoms with Crippen LogP contribution in [-0.2, 0) is 6.54 Å². The van der Waals surface area contributed by atoms with Crippen molar-refractivity contribution in [1.82, 2.24) is 9.97 Å². The number of benzene rings is 2. The predicted octanol–water partition coefficient (Wildman–Crippen LogP) is 5.07. The van der Waals surface area contributed by atoms with Crippen molar-refractivity contribution >= 4 is 45.4 Å². The van der Waals surface area contributed by atoms with Gasteiger partial charge in [-0.05, 0) is 31.2 Å². The van der Waals surface area contributed by atoms with Crippen LogP contribution in [0.15, 0.2) is 52.8 Å². The van der Waals surface area contributed by atoms with E-state index in [0.29, 0.717) is 21.3 Å². The van der Waals surface area contributed by atoms with Crippen molar-refractivity contribution in [2.75, 3.05) is 4.90 Å². The Bertz CT molecular complexity index is 1340. The highest BCUT2D eigenvalue weighted by molar-refractivity contribution is 7.12. The molecule has 0 saturated carbocycles. The molecule has 1 amide bonds. The number of anilines is 1. The van der Waals surface area contributed by atoms with Gasteiger partial charge in [0.05, 0.1) is 23.3 Å². The highest BCUT2D eigenvalue weighted by Gasteiger charge is 2.25. The molecule has 0 saturated heterocycles. The lowest BCUT2D eigenvalue weighted by atomic mass is 10.1. The molecule has 0 atom stereocenters. The van der Waals surface area contributed by atoms with Crippen LogP contribution in [0.2, 0.25) is 5.02 Å². The summed E-state index contributed by atoms with van der Waals surface area (Å²) in [7, 11) is 0. The number of H-pyrrole nitrogens is 1. The Hall–Kier alpha value is -3.10. The Labute approximate surface area is 178 Å². The van der Waals surface area contributed by atoms with Crippen LogP contribution in [0.3, 0.4) is 0 Å². The first-order valence-electron chi connectivity index (χ1n) is 8.83. The number of nitrogens with one attached hydrogen (secondary N) is 1. The van der Waals surface area contributed by atoms with E-state index in [1.54, 1.807) is 31.2 Å². The van der Waals surface area contributed by atoms with Crippen LogP contribution in [-0.4, -0.2) is 15.9 Å². The van der Waals surface area contributed by atoms with Crippen molar-refractivity contribution in [2.45, 2.75) is 13.5 Å². The number of thiazole rings is 1. The minimum Gasteiger partial charge on any atom is -0.317 e. The summed E-state index contributed by atoms with van der Waals surface area (Å²) in [6.07, 6.45) is 0. The minimum absolute atomic E-state index is 0.0938. The summed E-state index contributed by atoms with van der Waals surface area (Å²) < 4.78 is 29.1. The third-order valence-corrected chi connectivity index (χ3v) is 5.81. The first-order valence-corrected chi connectivity index (χ1v) is 10.1. The lowest BCUT2D eigenvalue weighted by molar-refractivity contribution is 0.0988. The molecule has 4 rings (SSSR count). The molecule has 30 heavy (non-hydrogen) atoms. The monoisotopic (exact) mass is 445 g/mol. The number of hydrogen-bond acceptors (Lipinski definition) is 4. The van der Waals surface area contributed by atoms with Gasteiger partial charge in [0.25, 0.3) is 11.5 Å². The van der Waals surface area contributed by atoms with Crippen LogP contribution in [0.25, 0.3) is 10.9 Å². The zero-order valence-electron chi connectivity index (χ0n) is 15.6. The third kappa shape index (κ3) is 3.59. The van der Waals surface area contributed by atoms with E-state index in [1.165, 1.54) is 28.6 Å². The topological polar surface area (TPSA) is 66.1 Å². The molecule has 0 aliphatic carbocycles. The van der Waals surface area contributed by atoms with Gasteiger partial charge in [-0.25, -0.2) is 13.8 Å². The maximum Gasteiger partial charge on any atom is 0.284 e.